The number of amides is 1. The average Bonchev–Trinajstić information content (AvgIpc) is 2.65. The third kappa shape index (κ3) is 3.35. The van der Waals surface area contributed by atoms with Crippen molar-refractivity contribution in [2.45, 2.75) is 32.4 Å². The predicted molar refractivity (Wildman–Crippen MR) is 90.0 cm³/mol. The van der Waals surface area contributed by atoms with Crippen LogP contribution < -0.4 is 10.4 Å². The van der Waals surface area contributed by atoms with Crippen molar-refractivity contribution in [1.82, 2.24) is 14.6 Å². The number of rotatable bonds is 5. The standard InChI is InChI=1S/C17H21N3O5/c1-2-25-20-15(18-13-8-4-3-7-12(13)16(20)22)17(23)19(11-21)14-9-5-6-10-24-14/h3-4,7-8,14,21H,2,5-6,9-11H2,1H3. The molecule has 1 N–H and O–H groups in total. The molecule has 1 amide bonds. The number of nitrogens with zero attached hydrogens (tertiary/aromatic N) is 3. The summed E-state index contributed by atoms with van der Waals surface area (Å²) in [5.41, 5.74) is -0.0625. The zero-order chi connectivity index (χ0) is 17.8. The van der Waals surface area contributed by atoms with E-state index in [1.807, 2.05) is 0 Å². The molecule has 1 aliphatic heterocycles. The Morgan fingerprint density at radius 1 is 1.44 bits per heavy atom. The van der Waals surface area contributed by atoms with E-state index in [4.69, 9.17) is 9.57 Å². The third-order valence-corrected chi connectivity index (χ3v) is 4.10. The fourth-order valence-corrected chi connectivity index (χ4v) is 2.88. The van der Waals surface area contributed by atoms with Gasteiger partial charge in [0, 0.05) is 6.61 Å². The second-order valence-corrected chi connectivity index (χ2v) is 5.71. The second kappa shape index (κ2) is 7.62. The zero-order valence-electron chi connectivity index (χ0n) is 14.1. The number of hydrogen-bond acceptors (Lipinski definition) is 6. The number of fused-ring (bicyclic) bond motifs is 1. The number of carbonyl (C=O) groups excluding carboxylic acids is 1. The molecule has 2 heterocycles. The van der Waals surface area contributed by atoms with Gasteiger partial charge in [-0.25, -0.2) is 4.98 Å². The maximum Gasteiger partial charge on any atom is 0.297 e. The van der Waals surface area contributed by atoms with Gasteiger partial charge >= 0.3 is 0 Å². The van der Waals surface area contributed by atoms with Crippen LogP contribution in [0.25, 0.3) is 10.9 Å². The first-order valence-corrected chi connectivity index (χ1v) is 8.36. The van der Waals surface area contributed by atoms with Crippen LogP contribution in [0.2, 0.25) is 0 Å². The normalized spacial score (nSPS) is 17.4. The van der Waals surface area contributed by atoms with Crippen molar-refractivity contribution in [2.75, 3.05) is 19.9 Å². The first kappa shape index (κ1) is 17.4. The van der Waals surface area contributed by atoms with Gasteiger partial charge in [0.2, 0.25) is 5.82 Å². The van der Waals surface area contributed by atoms with Gasteiger partial charge in [-0.1, -0.05) is 12.1 Å². The number of para-hydroxylation sites is 1. The van der Waals surface area contributed by atoms with Crippen LogP contribution >= 0.6 is 0 Å². The van der Waals surface area contributed by atoms with Crippen molar-refractivity contribution in [1.29, 1.82) is 0 Å². The highest BCUT2D eigenvalue weighted by Crippen LogP contribution is 2.18. The molecule has 0 aliphatic carbocycles. The van der Waals surface area contributed by atoms with Gasteiger partial charge in [-0.3, -0.25) is 14.5 Å². The Hall–Kier alpha value is -2.45. The lowest BCUT2D eigenvalue weighted by atomic mass is 10.1. The molecule has 0 saturated carbocycles. The molecule has 0 spiro atoms. The smallest absolute Gasteiger partial charge is 0.297 e. The quantitative estimate of drug-likeness (QED) is 0.803. The van der Waals surface area contributed by atoms with E-state index in [1.54, 1.807) is 31.2 Å². The van der Waals surface area contributed by atoms with Crippen LogP contribution in [0.15, 0.2) is 29.1 Å². The van der Waals surface area contributed by atoms with E-state index in [2.05, 4.69) is 4.98 Å². The molecular formula is C17H21N3O5. The van der Waals surface area contributed by atoms with E-state index in [-0.39, 0.29) is 12.4 Å². The molecule has 1 aromatic heterocycles. The Morgan fingerprint density at radius 2 is 2.24 bits per heavy atom. The van der Waals surface area contributed by atoms with E-state index >= 15 is 0 Å². The number of aliphatic hydroxyl groups is 1. The van der Waals surface area contributed by atoms with Crippen molar-refractivity contribution in [2.24, 2.45) is 0 Å². The molecule has 25 heavy (non-hydrogen) atoms. The zero-order valence-corrected chi connectivity index (χ0v) is 14.1. The average molecular weight is 347 g/mol. The van der Waals surface area contributed by atoms with Gasteiger partial charge in [-0.2, -0.15) is 0 Å². The number of aromatic nitrogens is 2. The fraction of sp³-hybridized carbons (Fsp3) is 0.471. The first-order valence-electron chi connectivity index (χ1n) is 8.36. The highest BCUT2D eigenvalue weighted by molar-refractivity contribution is 5.93. The monoisotopic (exact) mass is 347 g/mol. The molecule has 3 rings (SSSR count). The molecule has 1 aliphatic rings. The van der Waals surface area contributed by atoms with Gasteiger partial charge < -0.3 is 14.7 Å². The maximum absolute atomic E-state index is 13.0. The minimum atomic E-state index is -0.606. The minimum Gasteiger partial charge on any atom is -0.409 e. The summed E-state index contributed by atoms with van der Waals surface area (Å²) in [5, 5.41) is 10.0. The largest absolute Gasteiger partial charge is 0.409 e. The molecule has 0 radical (unpaired) electrons. The van der Waals surface area contributed by atoms with Crippen LogP contribution in [-0.2, 0) is 4.74 Å². The summed E-state index contributed by atoms with van der Waals surface area (Å²) in [7, 11) is 0. The lowest BCUT2D eigenvalue weighted by Gasteiger charge is -2.32. The van der Waals surface area contributed by atoms with Gasteiger partial charge in [0.1, 0.15) is 19.6 Å². The molecule has 1 atom stereocenters. The molecule has 8 heteroatoms. The van der Waals surface area contributed by atoms with Crippen LogP contribution in [0.1, 0.15) is 36.8 Å². The molecule has 1 saturated heterocycles. The van der Waals surface area contributed by atoms with Gasteiger partial charge in [0.05, 0.1) is 10.9 Å². The molecule has 1 unspecified atom stereocenters. The van der Waals surface area contributed by atoms with E-state index in [0.717, 1.165) is 17.6 Å². The summed E-state index contributed by atoms with van der Waals surface area (Å²) >= 11 is 0. The second-order valence-electron chi connectivity index (χ2n) is 5.71. The van der Waals surface area contributed by atoms with Gasteiger partial charge in [0.25, 0.3) is 11.5 Å². The van der Waals surface area contributed by atoms with E-state index in [9.17, 15) is 14.7 Å². The predicted octanol–water partition coefficient (Wildman–Crippen LogP) is 0.764. The highest BCUT2D eigenvalue weighted by Gasteiger charge is 2.30. The van der Waals surface area contributed by atoms with Gasteiger partial charge in [0.15, 0.2) is 0 Å². The summed E-state index contributed by atoms with van der Waals surface area (Å²) in [6.45, 7) is 1.90. The summed E-state index contributed by atoms with van der Waals surface area (Å²) in [5.74, 6) is -0.778. The Morgan fingerprint density at radius 3 is 2.92 bits per heavy atom. The van der Waals surface area contributed by atoms with Crippen LogP contribution in [0.3, 0.4) is 0 Å². The molecule has 134 valence electrons. The number of ether oxygens (including phenoxy) is 1. The molecule has 8 nitrogen and oxygen atoms in total. The van der Waals surface area contributed by atoms with Gasteiger partial charge in [-0.15, -0.1) is 4.73 Å². The SMILES string of the molecule is CCOn1c(C(=O)N(CO)C2CCCCO2)nc2ccccc2c1=O. The molecule has 2 aromatic rings. The molecule has 0 bridgehead atoms. The summed E-state index contributed by atoms with van der Waals surface area (Å²) < 4.78 is 6.48. The minimum absolute atomic E-state index is 0.172. The lowest BCUT2D eigenvalue weighted by molar-refractivity contribution is -0.0944. The number of benzene rings is 1. The number of carbonyl (C=O) groups is 1. The van der Waals surface area contributed by atoms with Crippen molar-refractivity contribution in [3.05, 3.63) is 40.4 Å². The lowest BCUT2D eigenvalue weighted by Crippen LogP contribution is -2.47. The molecular weight excluding hydrogens is 326 g/mol. The van der Waals surface area contributed by atoms with Crippen LogP contribution in [0.5, 0.6) is 0 Å². The van der Waals surface area contributed by atoms with Gasteiger partial charge in [-0.05, 0) is 38.3 Å². The fourth-order valence-electron chi connectivity index (χ4n) is 2.88. The van der Waals surface area contributed by atoms with Crippen LogP contribution in [-0.4, -0.2) is 51.8 Å². The Labute approximate surface area is 144 Å². The Kier molecular flexibility index (Phi) is 5.30. The van der Waals surface area contributed by atoms with Crippen molar-refractivity contribution in [3.63, 3.8) is 0 Å². The van der Waals surface area contributed by atoms with E-state index in [0.29, 0.717) is 23.9 Å². The molecule has 1 aromatic carbocycles. The summed E-state index contributed by atoms with van der Waals surface area (Å²) in [6.07, 6.45) is 1.91. The van der Waals surface area contributed by atoms with Crippen molar-refractivity contribution >= 4 is 16.8 Å². The molecule has 1 fully saturated rings. The van der Waals surface area contributed by atoms with Crippen molar-refractivity contribution < 1.29 is 19.5 Å². The van der Waals surface area contributed by atoms with Crippen LogP contribution in [0.4, 0.5) is 0 Å². The highest BCUT2D eigenvalue weighted by atomic mass is 16.7. The summed E-state index contributed by atoms with van der Waals surface area (Å²) in [6, 6.07) is 6.74. The van der Waals surface area contributed by atoms with E-state index in [1.165, 1.54) is 4.90 Å². The van der Waals surface area contributed by atoms with Crippen LogP contribution in [0, 0.1) is 0 Å². The first-order chi connectivity index (χ1) is 12.2. The van der Waals surface area contributed by atoms with Crippen molar-refractivity contribution in [3.8, 4) is 0 Å². The number of aliphatic hydroxyl groups excluding tert-OH is 1. The Balaban J connectivity index is 2.07. The summed E-state index contributed by atoms with van der Waals surface area (Å²) in [4.78, 5) is 36.4. The topological polar surface area (TPSA) is 93.9 Å². The maximum atomic E-state index is 13.0. The Bertz CT molecular complexity index is 814. The third-order valence-electron chi connectivity index (χ3n) is 4.10. The van der Waals surface area contributed by atoms with E-state index < -0.39 is 24.4 Å². The number of hydrogen-bond donors (Lipinski definition) is 1.